The van der Waals surface area contributed by atoms with Gasteiger partial charge in [0.05, 0.1) is 0 Å². The largest absolute Gasteiger partial charge is 0.484 e. The Hall–Kier alpha value is -6.18. The molecule has 2 atom stereocenters. The minimum Gasteiger partial charge on any atom is -0.484 e. The molecule has 10 rings (SSSR count). The zero-order chi connectivity index (χ0) is 32.3. The maximum Gasteiger partial charge on any atom is 0.132 e. The van der Waals surface area contributed by atoms with Crippen molar-refractivity contribution in [1.29, 1.82) is 0 Å². The molecular formula is C48H32O. The molecule has 49 heavy (non-hydrogen) atoms. The van der Waals surface area contributed by atoms with Crippen molar-refractivity contribution in [3.05, 3.63) is 188 Å². The third-order valence-corrected chi connectivity index (χ3v) is 10.4. The monoisotopic (exact) mass is 624 g/mol. The lowest BCUT2D eigenvalue weighted by Gasteiger charge is -2.20. The highest BCUT2D eigenvalue weighted by Crippen LogP contribution is 2.49. The molecule has 0 spiro atoms. The molecular weight excluding hydrogens is 593 g/mol. The van der Waals surface area contributed by atoms with E-state index in [1.807, 2.05) is 0 Å². The van der Waals surface area contributed by atoms with Crippen molar-refractivity contribution in [2.75, 3.05) is 0 Å². The van der Waals surface area contributed by atoms with Crippen molar-refractivity contribution in [2.45, 2.75) is 12.0 Å². The maximum absolute atomic E-state index is 6.58. The van der Waals surface area contributed by atoms with Crippen LogP contribution in [0.4, 0.5) is 0 Å². The zero-order valence-corrected chi connectivity index (χ0v) is 26.9. The highest BCUT2D eigenvalue weighted by atomic mass is 16.5. The van der Waals surface area contributed by atoms with Gasteiger partial charge in [0.2, 0.25) is 0 Å². The van der Waals surface area contributed by atoms with Gasteiger partial charge in [-0.3, -0.25) is 0 Å². The van der Waals surface area contributed by atoms with Crippen molar-refractivity contribution in [3.8, 4) is 50.3 Å². The molecule has 2 aliphatic rings. The highest BCUT2D eigenvalue weighted by molar-refractivity contribution is 6.22. The number of para-hydroxylation sites is 1. The SMILES string of the molecule is C1=CC2Oc3c(-c4cccc(-c5c6ccccc6c(-c6ccccc6-c6ccc7ccccc7c6)c6ccccc56)c4)cccc3C2C=C1. The predicted molar refractivity (Wildman–Crippen MR) is 206 cm³/mol. The van der Waals surface area contributed by atoms with Crippen molar-refractivity contribution in [1.82, 2.24) is 0 Å². The van der Waals surface area contributed by atoms with Crippen LogP contribution in [-0.4, -0.2) is 6.10 Å². The fourth-order valence-electron chi connectivity index (χ4n) is 8.17. The van der Waals surface area contributed by atoms with Crippen LogP contribution in [0.3, 0.4) is 0 Å². The Morgan fingerprint density at radius 1 is 0.388 bits per heavy atom. The van der Waals surface area contributed by atoms with E-state index in [1.165, 1.54) is 76.8 Å². The third kappa shape index (κ3) is 4.47. The molecule has 0 amide bonds. The summed E-state index contributed by atoms with van der Waals surface area (Å²) >= 11 is 0. The van der Waals surface area contributed by atoms with Gasteiger partial charge < -0.3 is 4.74 Å². The molecule has 1 nitrogen and oxygen atoms in total. The van der Waals surface area contributed by atoms with Gasteiger partial charge in [-0.15, -0.1) is 0 Å². The van der Waals surface area contributed by atoms with Crippen LogP contribution < -0.4 is 4.74 Å². The fraction of sp³-hybridized carbons (Fsp3) is 0.0417. The van der Waals surface area contributed by atoms with Crippen molar-refractivity contribution < 1.29 is 4.74 Å². The lowest BCUT2D eigenvalue weighted by Crippen LogP contribution is -2.15. The van der Waals surface area contributed by atoms with Gasteiger partial charge >= 0.3 is 0 Å². The van der Waals surface area contributed by atoms with E-state index in [4.69, 9.17) is 4.74 Å². The number of hydrogen-bond acceptors (Lipinski definition) is 1. The quantitative estimate of drug-likeness (QED) is 0.177. The molecule has 230 valence electrons. The molecule has 0 aromatic heterocycles. The molecule has 8 aromatic rings. The smallest absolute Gasteiger partial charge is 0.132 e. The molecule has 0 fully saturated rings. The lowest BCUT2D eigenvalue weighted by atomic mass is 9.83. The Balaban J connectivity index is 1.19. The summed E-state index contributed by atoms with van der Waals surface area (Å²) in [5.41, 5.74) is 11.0. The van der Waals surface area contributed by atoms with Gasteiger partial charge in [0, 0.05) is 17.0 Å². The van der Waals surface area contributed by atoms with E-state index in [9.17, 15) is 0 Å². The van der Waals surface area contributed by atoms with Gasteiger partial charge in [-0.1, -0.05) is 164 Å². The molecule has 2 unspecified atom stereocenters. The van der Waals surface area contributed by atoms with Crippen LogP contribution >= 0.6 is 0 Å². The molecule has 1 aliphatic carbocycles. The average Bonchev–Trinajstić information content (AvgIpc) is 3.56. The minimum atomic E-state index is 0.0576. The van der Waals surface area contributed by atoms with Crippen LogP contribution in [-0.2, 0) is 0 Å². The summed E-state index contributed by atoms with van der Waals surface area (Å²) in [6.07, 6.45) is 8.71. The van der Waals surface area contributed by atoms with Crippen LogP contribution in [0.1, 0.15) is 11.5 Å². The van der Waals surface area contributed by atoms with Crippen molar-refractivity contribution in [3.63, 3.8) is 0 Å². The average molecular weight is 625 g/mol. The molecule has 1 heteroatoms. The van der Waals surface area contributed by atoms with E-state index in [0.29, 0.717) is 0 Å². The summed E-state index contributed by atoms with van der Waals surface area (Å²) in [5.74, 6) is 1.27. The number of hydrogen-bond donors (Lipinski definition) is 0. The van der Waals surface area contributed by atoms with Crippen molar-refractivity contribution >= 4 is 32.3 Å². The second kappa shape index (κ2) is 11.2. The molecule has 1 heterocycles. The van der Waals surface area contributed by atoms with Gasteiger partial charge in [-0.25, -0.2) is 0 Å². The van der Waals surface area contributed by atoms with Crippen LogP contribution in [0.15, 0.2) is 182 Å². The van der Waals surface area contributed by atoms with Crippen LogP contribution in [0, 0.1) is 0 Å². The topological polar surface area (TPSA) is 9.23 Å². The summed E-state index contributed by atoms with van der Waals surface area (Å²) in [6, 6.07) is 57.8. The fourth-order valence-corrected chi connectivity index (χ4v) is 8.17. The third-order valence-electron chi connectivity index (χ3n) is 10.4. The van der Waals surface area contributed by atoms with E-state index < -0.39 is 0 Å². The van der Waals surface area contributed by atoms with E-state index in [2.05, 4.69) is 182 Å². The zero-order valence-electron chi connectivity index (χ0n) is 26.9. The minimum absolute atomic E-state index is 0.0576. The second-order valence-corrected chi connectivity index (χ2v) is 13.1. The Kier molecular flexibility index (Phi) is 6.38. The summed E-state index contributed by atoms with van der Waals surface area (Å²) in [5, 5.41) is 7.50. The van der Waals surface area contributed by atoms with Gasteiger partial charge in [0.15, 0.2) is 0 Å². The van der Waals surface area contributed by atoms with E-state index in [1.54, 1.807) is 0 Å². The van der Waals surface area contributed by atoms with Gasteiger partial charge in [-0.2, -0.15) is 0 Å². The predicted octanol–water partition coefficient (Wildman–Crippen LogP) is 12.8. The van der Waals surface area contributed by atoms with Gasteiger partial charge in [0.25, 0.3) is 0 Å². The van der Waals surface area contributed by atoms with Crippen LogP contribution in [0.2, 0.25) is 0 Å². The first-order valence-corrected chi connectivity index (χ1v) is 17.1. The van der Waals surface area contributed by atoms with Crippen LogP contribution in [0.25, 0.3) is 76.8 Å². The summed E-state index contributed by atoms with van der Waals surface area (Å²) in [7, 11) is 0. The molecule has 0 saturated heterocycles. The summed E-state index contributed by atoms with van der Waals surface area (Å²) < 4.78 is 6.58. The number of benzene rings is 8. The maximum atomic E-state index is 6.58. The second-order valence-electron chi connectivity index (χ2n) is 13.1. The Morgan fingerprint density at radius 3 is 1.78 bits per heavy atom. The molecule has 1 aliphatic heterocycles. The Morgan fingerprint density at radius 2 is 0.980 bits per heavy atom. The first kappa shape index (κ1) is 27.9. The van der Waals surface area contributed by atoms with E-state index >= 15 is 0 Å². The number of ether oxygens (including phenoxy) is 1. The molecule has 0 saturated carbocycles. The normalized spacial score (nSPS) is 16.2. The molecule has 0 radical (unpaired) electrons. The van der Waals surface area contributed by atoms with E-state index in [-0.39, 0.29) is 12.0 Å². The Labute approximate surface area is 286 Å². The summed E-state index contributed by atoms with van der Waals surface area (Å²) in [6.45, 7) is 0. The summed E-state index contributed by atoms with van der Waals surface area (Å²) in [4.78, 5) is 0. The highest BCUT2D eigenvalue weighted by Gasteiger charge is 2.33. The van der Waals surface area contributed by atoms with Gasteiger partial charge in [0.1, 0.15) is 11.9 Å². The number of rotatable bonds is 4. The number of allylic oxidation sites excluding steroid dienone is 2. The Bertz CT molecular complexity index is 2600. The van der Waals surface area contributed by atoms with Crippen molar-refractivity contribution in [2.24, 2.45) is 0 Å². The molecule has 0 N–H and O–H groups in total. The lowest BCUT2D eigenvalue weighted by molar-refractivity contribution is 0.270. The number of fused-ring (bicyclic) bond motifs is 6. The molecule has 8 aromatic carbocycles. The first-order chi connectivity index (χ1) is 24.3. The van der Waals surface area contributed by atoms with Crippen LogP contribution in [0.5, 0.6) is 5.75 Å². The molecule has 0 bridgehead atoms. The first-order valence-electron chi connectivity index (χ1n) is 17.1. The van der Waals surface area contributed by atoms with E-state index in [0.717, 1.165) is 11.3 Å². The van der Waals surface area contributed by atoms with Gasteiger partial charge in [-0.05, 0) is 89.5 Å². The standard InChI is InChI=1S/C48H32O/c1-2-14-32-29-34(28-27-31(32)13-1)36-17-3-4-19-39(36)47-42-22-7-5-20-40(42)46(41-21-6-8-23-43(41)47)35-16-11-15-33(30-35)37-24-12-25-44-38-18-9-10-26-45(38)49-48(37)44/h1-30,38,45H.